The zero-order valence-corrected chi connectivity index (χ0v) is 16.2. The van der Waals surface area contributed by atoms with Crippen LogP contribution in [0.3, 0.4) is 0 Å². The first-order chi connectivity index (χ1) is 13.2. The average molecular weight is 400 g/mol. The van der Waals surface area contributed by atoms with Crippen LogP contribution in [0, 0.1) is 11.3 Å². The number of hydrogen-bond donors (Lipinski definition) is 3. The molecule has 2 rings (SSSR count). The first kappa shape index (κ1) is 21.0. The fraction of sp³-hybridized carbons (Fsp3) is 0.158. The van der Waals surface area contributed by atoms with Crippen LogP contribution in [-0.2, 0) is 14.8 Å². The molecule has 0 heterocycles. The lowest BCUT2D eigenvalue weighted by Gasteiger charge is -2.13. The number of hydrogen-bond acceptors (Lipinski definition) is 6. The van der Waals surface area contributed by atoms with Gasteiger partial charge in [0, 0.05) is 17.9 Å². The fourth-order valence-electron chi connectivity index (χ4n) is 2.27. The molecule has 0 aromatic heterocycles. The van der Waals surface area contributed by atoms with E-state index in [4.69, 9.17) is 9.88 Å². The number of nitriles is 1. The number of sulfonamides is 1. The molecule has 1 atom stereocenters. The van der Waals surface area contributed by atoms with Gasteiger partial charge in [-0.3, -0.25) is 4.79 Å². The molecule has 1 unspecified atom stereocenters. The normalized spacial score (nSPS) is 12.6. The molecular formula is C19H20N4O4S. The summed E-state index contributed by atoms with van der Waals surface area (Å²) in [4.78, 5) is 12.2. The van der Waals surface area contributed by atoms with Crippen LogP contribution in [-0.4, -0.2) is 21.4 Å². The number of nitrogens with zero attached hydrogens (tertiary/aromatic N) is 1. The van der Waals surface area contributed by atoms with E-state index in [1.54, 1.807) is 7.11 Å². The molecule has 2 aromatic carbocycles. The molecule has 28 heavy (non-hydrogen) atoms. The van der Waals surface area contributed by atoms with Crippen molar-refractivity contribution in [3.05, 3.63) is 65.9 Å². The SMILES string of the molecule is COc1ccc(C(C)N/C=C(/C#N)C(=O)Nc2ccc(S(N)(=O)=O)cc2)cc1. The minimum atomic E-state index is -3.81. The van der Waals surface area contributed by atoms with Crippen molar-refractivity contribution in [1.29, 1.82) is 5.26 Å². The number of ether oxygens (including phenoxy) is 1. The third kappa shape index (κ3) is 5.57. The summed E-state index contributed by atoms with van der Waals surface area (Å²) in [6.07, 6.45) is 1.34. The molecule has 146 valence electrons. The Hall–Kier alpha value is -3.35. The Morgan fingerprint density at radius 2 is 1.79 bits per heavy atom. The second kappa shape index (κ2) is 9.03. The van der Waals surface area contributed by atoms with Gasteiger partial charge in [0.2, 0.25) is 10.0 Å². The van der Waals surface area contributed by atoms with Crippen molar-refractivity contribution in [2.45, 2.75) is 17.9 Å². The van der Waals surface area contributed by atoms with Gasteiger partial charge in [-0.1, -0.05) is 12.1 Å². The Morgan fingerprint density at radius 3 is 2.29 bits per heavy atom. The molecule has 0 spiro atoms. The van der Waals surface area contributed by atoms with Gasteiger partial charge in [-0.15, -0.1) is 0 Å². The molecule has 0 saturated heterocycles. The van der Waals surface area contributed by atoms with Gasteiger partial charge in [-0.2, -0.15) is 5.26 Å². The van der Waals surface area contributed by atoms with Gasteiger partial charge < -0.3 is 15.4 Å². The van der Waals surface area contributed by atoms with E-state index in [-0.39, 0.29) is 16.5 Å². The highest BCUT2D eigenvalue weighted by Crippen LogP contribution is 2.18. The maximum atomic E-state index is 12.3. The molecule has 0 saturated carbocycles. The van der Waals surface area contributed by atoms with Crippen molar-refractivity contribution in [3.8, 4) is 11.8 Å². The number of benzene rings is 2. The van der Waals surface area contributed by atoms with Crippen LogP contribution >= 0.6 is 0 Å². The van der Waals surface area contributed by atoms with Crippen molar-refractivity contribution < 1.29 is 17.9 Å². The van der Waals surface area contributed by atoms with Crippen LogP contribution in [0.2, 0.25) is 0 Å². The van der Waals surface area contributed by atoms with Crippen LogP contribution < -0.4 is 20.5 Å². The molecule has 0 aliphatic rings. The number of amides is 1. The quantitative estimate of drug-likeness (QED) is 0.481. The Labute approximate surface area is 163 Å². The third-order valence-electron chi connectivity index (χ3n) is 3.90. The Balaban J connectivity index is 2.04. The highest BCUT2D eigenvalue weighted by atomic mass is 32.2. The topological polar surface area (TPSA) is 134 Å². The first-order valence-electron chi connectivity index (χ1n) is 8.19. The maximum absolute atomic E-state index is 12.3. The van der Waals surface area contributed by atoms with E-state index in [2.05, 4.69) is 10.6 Å². The standard InChI is InChI=1S/C19H20N4O4S/c1-13(14-3-7-17(27-2)8-4-14)22-12-15(11-20)19(24)23-16-5-9-18(10-6-16)28(21,25)26/h3-10,12-13,22H,1-2H3,(H,23,24)(H2,21,25,26)/b15-12-. The highest BCUT2D eigenvalue weighted by Gasteiger charge is 2.12. The molecule has 0 radical (unpaired) electrons. The van der Waals surface area contributed by atoms with E-state index in [0.29, 0.717) is 5.69 Å². The van der Waals surface area contributed by atoms with Crippen molar-refractivity contribution in [2.24, 2.45) is 5.14 Å². The van der Waals surface area contributed by atoms with Gasteiger partial charge in [0.1, 0.15) is 17.4 Å². The Kier molecular flexibility index (Phi) is 6.76. The second-order valence-electron chi connectivity index (χ2n) is 5.85. The summed E-state index contributed by atoms with van der Waals surface area (Å²) in [6.45, 7) is 1.89. The number of nitrogens with one attached hydrogen (secondary N) is 2. The van der Waals surface area contributed by atoms with E-state index in [0.717, 1.165) is 11.3 Å². The minimum absolute atomic E-state index is 0.0727. The Bertz CT molecular complexity index is 1010. The summed E-state index contributed by atoms with van der Waals surface area (Å²) in [5, 5.41) is 19.8. The Morgan fingerprint density at radius 1 is 1.18 bits per heavy atom. The number of anilines is 1. The highest BCUT2D eigenvalue weighted by molar-refractivity contribution is 7.89. The molecule has 4 N–H and O–H groups in total. The minimum Gasteiger partial charge on any atom is -0.497 e. The van der Waals surface area contributed by atoms with E-state index in [1.807, 2.05) is 37.3 Å². The fourth-order valence-corrected chi connectivity index (χ4v) is 2.79. The van der Waals surface area contributed by atoms with Crippen LogP contribution in [0.15, 0.2) is 65.2 Å². The van der Waals surface area contributed by atoms with Crippen LogP contribution in [0.1, 0.15) is 18.5 Å². The number of methoxy groups -OCH3 is 1. The molecule has 0 aliphatic heterocycles. The summed E-state index contributed by atoms with van der Waals surface area (Å²) in [6, 6.07) is 14.4. The number of rotatable bonds is 7. The van der Waals surface area contributed by atoms with E-state index >= 15 is 0 Å². The summed E-state index contributed by atoms with van der Waals surface area (Å²) < 4.78 is 27.6. The molecule has 1 amide bonds. The molecule has 2 aromatic rings. The maximum Gasteiger partial charge on any atom is 0.267 e. The van der Waals surface area contributed by atoms with Crippen molar-refractivity contribution in [3.63, 3.8) is 0 Å². The average Bonchev–Trinajstić information content (AvgIpc) is 2.68. The molecule has 8 nitrogen and oxygen atoms in total. The van der Waals surface area contributed by atoms with Crippen LogP contribution in [0.5, 0.6) is 5.75 Å². The first-order valence-corrected chi connectivity index (χ1v) is 9.73. The number of carbonyl (C=O) groups excluding carboxylic acids is 1. The predicted octanol–water partition coefficient (Wildman–Crippen LogP) is 2.04. The number of nitrogens with two attached hydrogens (primary N) is 1. The summed E-state index contributed by atoms with van der Waals surface area (Å²) in [5.41, 5.74) is 1.16. The van der Waals surface area contributed by atoms with Gasteiger partial charge in [-0.25, -0.2) is 13.6 Å². The largest absolute Gasteiger partial charge is 0.497 e. The van der Waals surface area contributed by atoms with Gasteiger partial charge in [-0.05, 0) is 48.9 Å². The van der Waals surface area contributed by atoms with Crippen molar-refractivity contribution >= 4 is 21.6 Å². The zero-order chi connectivity index (χ0) is 20.7. The number of primary sulfonamides is 1. The molecule has 9 heteroatoms. The van der Waals surface area contributed by atoms with Gasteiger partial charge in [0.25, 0.3) is 5.91 Å². The van der Waals surface area contributed by atoms with Crippen molar-refractivity contribution in [2.75, 3.05) is 12.4 Å². The van der Waals surface area contributed by atoms with Gasteiger partial charge >= 0.3 is 0 Å². The molecular weight excluding hydrogens is 380 g/mol. The van der Waals surface area contributed by atoms with Gasteiger partial charge in [0.05, 0.1) is 12.0 Å². The van der Waals surface area contributed by atoms with E-state index in [1.165, 1.54) is 30.5 Å². The van der Waals surface area contributed by atoms with Crippen LogP contribution in [0.25, 0.3) is 0 Å². The second-order valence-corrected chi connectivity index (χ2v) is 7.42. The van der Waals surface area contributed by atoms with Gasteiger partial charge in [0.15, 0.2) is 0 Å². The summed E-state index contributed by atoms with van der Waals surface area (Å²) in [5.74, 6) is 0.109. The smallest absolute Gasteiger partial charge is 0.267 e. The molecule has 0 fully saturated rings. The zero-order valence-electron chi connectivity index (χ0n) is 15.3. The molecule has 0 aliphatic carbocycles. The molecule has 0 bridgehead atoms. The predicted molar refractivity (Wildman–Crippen MR) is 105 cm³/mol. The summed E-state index contributed by atoms with van der Waals surface area (Å²) >= 11 is 0. The van der Waals surface area contributed by atoms with E-state index < -0.39 is 15.9 Å². The third-order valence-corrected chi connectivity index (χ3v) is 4.83. The lowest BCUT2D eigenvalue weighted by Crippen LogP contribution is -2.18. The lowest BCUT2D eigenvalue weighted by atomic mass is 10.1. The van der Waals surface area contributed by atoms with Crippen LogP contribution in [0.4, 0.5) is 5.69 Å². The van der Waals surface area contributed by atoms with E-state index in [9.17, 15) is 18.5 Å². The monoisotopic (exact) mass is 400 g/mol. The lowest BCUT2D eigenvalue weighted by molar-refractivity contribution is -0.112. The summed E-state index contributed by atoms with van der Waals surface area (Å²) in [7, 11) is -2.23. The van der Waals surface area contributed by atoms with Crippen molar-refractivity contribution in [1.82, 2.24) is 5.32 Å². The number of carbonyl (C=O) groups is 1.